The fourth-order valence-electron chi connectivity index (χ4n) is 1.45. The van der Waals surface area contributed by atoms with Crippen LogP contribution < -0.4 is 0 Å². The topological polar surface area (TPSA) is 12.4 Å². The summed E-state index contributed by atoms with van der Waals surface area (Å²) in [6.07, 6.45) is 9.73. The van der Waals surface area contributed by atoms with E-state index < -0.39 is 0 Å². The van der Waals surface area contributed by atoms with Gasteiger partial charge in [-0.2, -0.15) is 0 Å². The smallest absolute Gasteiger partial charge is 0.0442 e. The molecule has 0 bridgehead atoms. The molecule has 0 N–H and O–H groups in total. The maximum atomic E-state index is 4.49. The van der Waals surface area contributed by atoms with Crippen LogP contribution in [-0.2, 0) is 0 Å². The van der Waals surface area contributed by atoms with E-state index in [9.17, 15) is 0 Å². The van der Waals surface area contributed by atoms with Crippen LogP contribution in [0.15, 0.2) is 29.3 Å². The molecule has 0 saturated heterocycles. The van der Waals surface area contributed by atoms with Crippen LogP contribution in [0.3, 0.4) is 0 Å². The summed E-state index contributed by atoms with van der Waals surface area (Å²) in [4.78, 5) is 4.49. The van der Waals surface area contributed by atoms with Crippen LogP contribution in [-0.4, -0.2) is 11.8 Å². The lowest BCUT2D eigenvalue weighted by Gasteiger charge is -2.06. The maximum absolute atomic E-state index is 4.49. The first-order valence-electron chi connectivity index (χ1n) is 4.56. The van der Waals surface area contributed by atoms with E-state index in [0.29, 0.717) is 12.0 Å². The molecule has 0 amide bonds. The van der Waals surface area contributed by atoms with Gasteiger partial charge in [0.1, 0.15) is 0 Å². The quantitative estimate of drug-likeness (QED) is 0.567. The second-order valence-corrected chi connectivity index (χ2v) is 3.60. The van der Waals surface area contributed by atoms with Crippen molar-refractivity contribution in [3.8, 4) is 0 Å². The molecule has 1 aliphatic rings. The maximum Gasteiger partial charge on any atom is 0.0442 e. The zero-order valence-corrected chi connectivity index (χ0v) is 8.12. The minimum absolute atomic E-state index is 0.430. The summed E-state index contributed by atoms with van der Waals surface area (Å²) in [5, 5.41) is 0. The number of hydrogen-bond donors (Lipinski definition) is 0. The van der Waals surface area contributed by atoms with E-state index in [1.54, 1.807) is 0 Å². The van der Waals surface area contributed by atoms with E-state index in [1.807, 2.05) is 0 Å². The van der Waals surface area contributed by atoms with Gasteiger partial charge in [-0.05, 0) is 27.2 Å². The highest BCUT2D eigenvalue weighted by Gasteiger charge is 2.05. The van der Waals surface area contributed by atoms with Crippen molar-refractivity contribution in [1.82, 2.24) is 0 Å². The molecular formula is C11H17N. The number of nitrogens with zero attached hydrogens (tertiary/aromatic N) is 1. The third kappa shape index (κ3) is 3.04. The van der Waals surface area contributed by atoms with Gasteiger partial charge in [-0.25, -0.2) is 0 Å². The third-order valence-corrected chi connectivity index (χ3v) is 1.84. The van der Waals surface area contributed by atoms with Gasteiger partial charge >= 0.3 is 0 Å². The van der Waals surface area contributed by atoms with Crippen molar-refractivity contribution in [1.29, 1.82) is 0 Å². The number of hydrogen-bond acceptors (Lipinski definition) is 1. The predicted molar refractivity (Wildman–Crippen MR) is 54.6 cm³/mol. The lowest BCUT2D eigenvalue weighted by Crippen LogP contribution is -2.02. The average molecular weight is 163 g/mol. The van der Waals surface area contributed by atoms with Gasteiger partial charge in [-0.1, -0.05) is 24.3 Å². The summed E-state index contributed by atoms with van der Waals surface area (Å²) in [6.45, 7) is 6.34. The van der Waals surface area contributed by atoms with Crippen molar-refractivity contribution >= 4 is 5.71 Å². The number of rotatable bonds is 3. The van der Waals surface area contributed by atoms with E-state index in [-0.39, 0.29) is 0 Å². The molecule has 0 saturated carbocycles. The Balaban J connectivity index is 2.40. The Bertz CT molecular complexity index is 209. The average Bonchev–Trinajstić information content (AvgIpc) is 2.37. The highest BCUT2D eigenvalue weighted by Crippen LogP contribution is 2.14. The monoisotopic (exact) mass is 163 g/mol. The van der Waals surface area contributed by atoms with Crippen molar-refractivity contribution < 1.29 is 0 Å². The Morgan fingerprint density at radius 3 is 2.42 bits per heavy atom. The lowest BCUT2D eigenvalue weighted by molar-refractivity contribution is 0.805. The first kappa shape index (κ1) is 9.24. The molecular weight excluding hydrogens is 146 g/mol. The molecule has 0 aromatic heterocycles. The zero-order valence-electron chi connectivity index (χ0n) is 8.12. The Hall–Kier alpha value is -0.850. The SMILES string of the molecule is CC(CC1C=CC=C1)=NC(C)C. The van der Waals surface area contributed by atoms with Gasteiger partial charge in [0.25, 0.3) is 0 Å². The predicted octanol–water partition coefficient (Wildman–Crippen LogP) is 2.99. The molecule has 1 heteroatoms. The molecule has 66 valence electrons. The van der Waals surface area contributed by atoms with E-state index in [2.05, 4.69) is 50.1 Å². The Kier molecular flexibility index (Phi) is 3.27. The third-order valence-electron chi connectivity index (χ3n) is 1.84. The minimum Gasteiger partial charge on any atom is -0.292 e. The van der Waals surface area contributed by atoms with Crippen molar-refractivity contribution in [2.24, 2.45) is 10.9 Å². The van der Waals surface area contributed by atoms with Gasteiger partial charge in [0.05, 0.1) is 0 Å². The summed E-state index contributed by atoms with van der Waals surface area (Å²) >= 11 is 0. The largest absolute Gasteiger partial charge is 0.292 e. The van der Waals surface area contributed by atoms with E-state index in [4.69, 9.17) is 0 Å². The Morgan fingerprint density at radius 1 is 1.33 bits per heavy atom. The van der Waals surface area contributed by atoms with E-state index in [1.165, 1.54) is 5.71 Å². The van der Waals surface area contributed by atoms with E-state index in [0.717, 1.165) is 6.42 Å². The fraction of sp³-hybridized carbons (Fsp3) is 0.545. The Morgan fingerprint density at radius 2 is 1.92 bits per heavy atom. The summed E-state index contributed by atoms with van der Waals surface area (Å²) in [6, 6.07) is 0.430. The van der Waals surface area contributed by atoms with Crippen LogP contribution in [0.4, 0.5) is 0 Å². The molecule has 0 unspecified atom stereocenters. The van der Waals surface area contributed by atoms with Gasteiger partial charge in [-0.3, -0.25) is 4.99 Å². The van der Waals surface area contributed by atoms with Crippen LogP contribution in [0.1, 0.15) is 27.2 Å². The Labute approximate surface area is 74.9 Å². The van der Waals surface area contributed by atoms with Crippen molar-refractivity contribution in [2.75, 3.05) is 0 Å². The van der Waals surface area contributed by atoms with Crippen LogP contribution >= 0.6 is 0 Å². The summed E-state index contributed by atoms with van der Waals surface area (Å²) < 4.78 is 0. The van der Waals surface area contributed by atoms with Crippen LogP contribution in [0.5, 0.6) is 0 Å². The lowest BCUT2D eigenvalue weighted by atomic mass is 10.1. The van der Waals surface area contributed by atoms with Gasteiger partial charge in [-0.15, -0.1) is 0 Å². The molecule has 0 radical (unpaired) electrons. The molecule has 1 nitrogen and oxygen atoms in total. The minimum atomic E-state index is 0.430. The molecule has 12 heavy (non-hydrogen) atoms. The molecule has 1 rings (SSSR count). The first-order valence-corrected chi connectivity index (χ1v) is 4.56. The molecule has 0 aromatic carbocycles. The van der Waals surface area contributed by atoms with E-state index >= 15 is 0 Å². The van der Waals surface area contributed by atoms with Gasteiger partial charge in [0, 0.05) is 17.7 Å². The molecule has 1 aliphatic carbocycles. The van der Waals surface area contributed by atoms with Crippen LogP contribution in [0, 0.1) is 5.92 Å². The molecule has 0 heterocycles. The van der Waals surface area contributed by atoms with Crippen LogP contribution in [0.25, 0.3) is 0 Å². The standard InChI is InChI=1S/C11H17N/c1-9(2)12-10(3)8-11-6-4-5-7-11/h4-7,9,11H,8H2,1-3H3. The number of aliphatic imine (C=N–C) groups is 1. The normalized spacial score (nSPS) is 18.2. The fourth-order valence-corrected chi connectivity index (χ4v) is 1.45. The summed E-state index contributed by atoms with van der Waals surface area (Å²) in [5.74, 6) is 0.590. The highest BCUT2D eigenvalue weighted by molar-refractivity contribution is 5.82. The second-order valence-electron chi connectivity index (χ2n) is 3.60. The van der Waals surface area contributed by atoms with Crippen molar-refractivity contribution in [3.63, 3.8) is 0 Å². The second kappa shape index (κ2) is 4.24. The molecule has 0 aliphatic heterocycles. The van der Waals surface area contributed by atoms with Crippen LogP contribution in [0.2, 0.25) is 0 Å². The molecule has 0 aromatic rings. The highest BCUT2D eigenvalue weighted by atomic mass is 14.8. The van der Waals surface area contributed by atoms with Crippen molar-refractivity contribution in [3.05, 3.63) is 24.3 Å². The van der Waals surface area contributed by atoms with Gasteiger partial charge in [0.15, 0.2) is 0 Å². The van der Waals surface area contributed by atoms with Crippen molar-refractivity contribution in [2.45, 2.75) is 33.2 Å². The molecule has 0 spiro atoms. The summed E-state index contributed by atoms with van der Waals surface area (Å²) in [5.41, 5.74) is 1.26. The zero-order chi connectivity index (χ0) is 8.97. The first-order chi connectivity index (χ1) is 5.68. The van der Waals surface area contributed by atoms with Gasteiger partial charge in [0.2, 0.25) is 0 Å². The number of allylic oxidation sites excluding steroid dienone is 4. The molecule has 0 fully saturated rings. The molecule has 0 atom stereocenters. The summed E-state index contributed by atoms with van der Waals surface area (Å²) in [7, 11) is 0. The van der Waals surface area contributed by atoms with Gasteiger partial charge < -0.3 is 0 Å².